The average molecular weight is 481 g/mol. The Morgan fingerprint density at radius 2 is 2.09 bits per heavy atom. The van der Waals surface area contributed by atoms with Crippen molar-refractivity contribution >= 4 is 40.1 Å². The number of carbonyl (C=O) groups is 1. The minimum Gasteiger partial charge on any atom is -0.476 e. The Balaban J connectivity index is 1.80. The van der Waals surface area contributed by atoms with Crippen LogP contribution in [0.15, 0.2) is 24.3 Å². The van der Waals surface area contributed by atoms with Crippen molar-refractivity contribution in [1.29, 1.82) is 5.26 Å². The highest BCUT2D eigenvalue weighted by Gasteiger charge is 2.31. The van der Waals surface area contributed by atoms with E-state index in [9.17, 15) is 20.3 Å². The van der Waals surface area contributed by atoms with Gasteiger partial charge >= 0.3 is 5.97 Å². The molecular formula is C24H25ClN6O3. The lowest BCUT2D eigenvalue weighted by Crippen LogP contribution is -2.46. The molecule has 0 spiro atoms. The first kappa shape index (κ1) is 23.7. The van der Waals surface area contributed by atoms with Crippen molar-refractivity contribution in [2.45, 2.75) is 45.3 Å². The van der Waals surface area contributed by atoms with Crippen LogP contribution in [0.5, 0.6) is 0 Å². The Morgan fingerprint density at radius 3 is 2.76 bits per heavy atom. The molecule has 176 valence electrons. The van der Waals surface area contributed by atoms with E-state index < -0.39 is 11.6 Å². The third-order valence-electron chi connectivity index (χ3n) is 5.91. The summed E-state index contributed by atoms with van der Waals surface area (Å²) >= 11 is 5.88. The maximum atomic E-state index is 11.7. The molecule has 9 nitrogen and oxygen atoms in total. The molecule has 10 heteroatoms. The fraction of sp³-hybridized carbons (Fsp3) is 0.375. The molecule has 1 aliphatic rings. The number of anilines is 2. The normalized spacial score (nSPS) is 19.0. The number of nitriles is 1. The second-order valence-electron chi connectivity index (χ2n) is 8.95. The Hall–Kier alpha value is -3.48. The number of nitrogens with zero attached hydrogens (tertiary/aromatic N) is 5. The molecule has 1 saturated heterocycles. The van der Waals surface area contributed by atoms with E-state index >= 15 is 0 Å². The van der Waals surface area contributed by atoms with Gasteiger partial charge < -0.3 is 20.4 Å². The van der Waals surface area contributed by atoms with Crippen LogP contribution in [0.4, 0.5) is 11.5 Å². The summed E-state index contributed by atoms with van der Waals surface area (Å²) in [6, 6.07) is 8.71. The summed E-state index contributed by atoms with van der Waals surface area (Å²) < 4.78 is 0. The Bertz CT molecular complexity index is 1320. The summed E-state index contributed by atoms with van der Waals surface area (Å²) in [7, 11) is 0. The first-order chi connectivity index (χ1) is 16.1. The van der Waals surface area contributed by atoms with Gasteiger partial charge in [-0.25, -0.2) is 19.7 Å². The van der Waals surface area contributed by atoms with Crippen LogP contribution >= 0.6 is 11.6 Å². The van der Waals surface area contributed by atoms with Gasteiger partial charge in [-0.3, -0.25) is 0 Å². The molecule has 3 heterocycles. The number of benzene rings is 1. The maximum absolute atomic E-state index is 11.7. The average Bonchev–Trinajstić information content (AvgIpc) is 2.77. The molecule has 0 bridgehead atoms. The smallest absolute Gasteiger partial charge is 0.356 e. The number of carboxylic acids is 1. The van der Waals surface area contributed by atoms with Gasteiger partial charge in [0, 0.05) is 18.7 Å². The predicted molar refractivity (Wildman–Crippen MR) is 129 cm³/mol. The Morgan fingerprint density at radius 1 is 1.32 bits per heavy atom. The van der Waals surface area contributed by atoms with Gasteiger partial charge in [0.1, 0.15) is 11.2 Å². The molecule has 34 heavy (non-hydrogen) atoms. The summed E-state index contributed by atoms with van der Waals surface area (Å²) in [4.78, 5) is 26.9. The highest BCUT2D eigenvalue weighted by atomic mass is 35.5. The van der Waals surface area contributed by atoms with Gasteiger partial charge in [-0.1, -0.05) is 17.7 Å². The number of pyridine rings is 1. The molecule has 4 rings (SSSR count). The van der Waals surface area contributed by atoms with E-state index in [-0.39, 0.29) is 22.6 Å². The van der Waals surface area contributed by atoms with Crippen molar-refractivity contribution in [2.75, 3.05) is 23.3 Å². The summed E-state index contributed by atoms with van der Waals surface area (Å²) in [6.07, 6.45) is 1.46. The van der Waals surface area contributed by atoms with Crippen molar-refractivity contribution in [2.24, 2.45) is 0 Å². The molecule has 3 aromatic rings. The van der Waals surface area contributed by atoms with Crippen molar-refractivity contribution in [3.63, 3.8) is 0 Å². The van der Waals surface area contributed by atoms with E-state index in [2.05, 4.69) is 21.4 Å². The number of piperidine rings is 1. The van der Waals surface area contributed by atoms with Crippen LogP contribution in [0.25, 0.3) is 11.0 Å². The first-order valence-corrected chi connectivity index (χ1v) is 11.3. The number of halogens is 1. The number of carboxylic acid groups (broad SMARTS) is 1. The number of aromatic carboxylic acids is 1. The maximum Gasteiger partial charge on any atom is 0.356 e. The van der Waals surface area contributed by atoms with Crippen LogP contribution < -0.4 is 10.2 Å². The van der Waals surface area contributed by atoms with Crippen molar-refractivity contribution < 1.29 is 15.0 Å². The zero-order chi connectivity index (χ0) is 24.6. The van der Waals surface area contributed by atoms with Crippen LogP contribution in [0.3, 0.4) is 0 Å². The van der Waals surface area contributed by atoms with Crippen LogP contribution in [0.2, 0.25) is 5.15 Å². The van der Waals surface area contributed by atoms with E-state index in [4.69, 9.17) is 16.6 Å². The highest BCUT2D eigenvalue weighted by Crippen LogP contribution is 2.32. The van der Waals surface area contributed by atoms with E-state index in [1.165, 1.54) is 6.07 Å². The van der Waals surface area contributed by atoms with Crippen LogP contribution in [0, 0.1) is 18.3 Å². The molecule has 1 fully saturated rings. The van der Waals surface area contributed by atoms with Gasteiger partial charge in [-0.15, -0.1) is 0 Å². The van der Waals surface area contributed by atoms with E-state index in [1.807, 2.05) is 30.9 Å². The van der Waals surface area contributed by atoms with Gasteiger partial charge in [0.2, 0.25) is 0 Å². The monoisotopic (exact) mass is 480 g/mol. The number of aryl methyl sites for hydroxylation is 1. The zero-order valence-electron chi connectivity index (χ0n) is 19.1. The zero-order valence-corrected chi connectivity index (χ0v) is 19.9. The Kier molecular flexibility index (Phi) is 6.30. The minimum absolute atomic E-state index is 0.0913. The first-order valence-electron chi connectivity index (χ1n) is 10.9. The van der Waals surface area contributed by atoms with Crippen molar-refractivity contribution in [1.82, 2.24) is 15.0 Å². The number of aliphatic hydroxyl groups is 1. The fourth-order valence-electron chi connectivity index (χ4n) is 4.38. The molecule has 1 unspecified atom stereocenters. The molecule has 2 aromatic heterocycles. The molecule has 1 aromatic carbocycles. The van der Waals surface area contributed by atoms with Crippen molar-refractivity contribution in [3.05, 3.63) is 51.9 Å². The summed E-state index contributed by atoms with van der Waals surface area (Å²) in [5.74, 6) is -0.754. The van der Waals surface area contributed by atoms with Crippen molar-refractivity contribution in [3.8, 4) is 6.07 Å². The van der Waals surface area contributed by atoms with Gasteiger partial charge in [-0.2, -0.15) is 5.26 Å². The fourth-order valence-corrected chi connectivity index (χ4v) is 4.52. The van der Waals surface area contributed by atoms with Crippen LogP contribution in [0.1, 0.15) is 60.0 Å². The highest BCUT2D eigenvalue weighted by molar-refractivity contribution is 6.29. The lowest BCUT2D eigenvalue weighted by molar-refractivity contribution is 0.0446. The quantitative estimate of drug-likeness (QED) is 0.461. The molecule has 0 radical (unpaired) electrons. The summed E-state index contributed by atoms with van der Waals surface area (Å²) in [5.41, 5.74) is 2.38. The van der Waals surface area contributed by atoms with Gasteiger partial charge in [0.05, 0.1) is 28.4 Å². The number of rotatable bonds is 5. The second-order valence-corrected chi connectivity index (χ2v) is 9.34. The van der Waals surface area contributed by atoms with Gasteiger partial charge in [-0.05, 0) is 57.4 Å². The van der Waals surface area contributed by atoms with Crippen LogP contribution in [-0.2, 0) is 0 Å². The number of nitrogens with one attached hydrogen (secondary N) is 1. The van der Waals surface area contributed by atoms with E-state index in [0.717, 1.165) is 17.5 Å². The SMILES string of the molecule is Cc1cc([C@@H](C)Nc2ccc(Cl)nc2C(=O)O)c2nc(N3CCCC(C)(O)C3)c(C#N)nc2c1. The number of hydrogen-bond acceptors (Lipinski definition) is 8. The number of β-amino-alcohol motifs (C(OH)–C–C–N with tert-alkyl or cyclic N) is 1. The number of aromatic nitrogens is 3. The summed E-state index contributed by atoms with van der Waals surface area (Å²) in [5, 5.41) is 33.2. The third kappa shape index (κ3) is 4.74. The summed E-state index contributed by atoms with van der Waals surface area (Å²) in [6.45, 7) is 6.61. The topological polar surface area (TPSA) is 135 Å². The van der Waals surface area contributed by atoms with E-state index in [1.54, 1.807) is 13.0 Å². The van der Waals surface area contributed by atoms with Gasteiger partial charge in [0.25, 0.3) is 0 Å². The molecule has 0 aliphatic carbocycles. The third-order valence-corrected chi connectivity index (χ3v) is 6.12. The molecule has 3 N–H and O–H groups in total. The van der Waals surface area contributed by atoms with Crippen LogP contribution in [-0.4, -0.2) is 49.8 Å². The number of fused-ring (bicyclic) bond motifs is 1. The predicted octanol–water partition coefficient (Wildman–Crippen LogP) is 4.08. The molecule has 1 aliphatic heterocycles. The number of hydrogen-bond donors (Lipinski definition) is 3. The lowest BCUT2D eigenvalue weighted by atomic mass is 9.95. The van der Waals surface area contributed by atoms with Gasteiger partial charge in [0.15, 0.2) is 17.2 Å². The molecular weight excluding hydrogens is 456 g/mol. The lowest BCUT2D eigenvalue weighted by Gasteiger charge is -2.37. The van der Waals surface area contributed by atoms with E-state index in [0.29, 0.717) is 42.0 Å². The Labute approximate surface area is 202 Å². The minimum atomic E-state index is -1.19. The molecule has 0 amide bonds. The largest absolute Gasteiger partial charge is 0.476 e. The second kappa shape index (κ2) is 9.05. The standard InChI is InChI=1S/C24H25ClN6O3/c1-13-9-15(14(2)27-16-5-6-19(25)29-21(16)23(32)33)20-17(10-13)28-18(11-26)22(30-20)31-8-4-7-24(3,34)12-31/h5-6,9-10,14,27,34H,4,7-8,12H2,1-3H3,(H,32,33)/t14-,24?/m1/s1. The molecule has 2 atom stereocenters. The molecule has 0 saturated carbocycles.